The van der Waals surface area contributed by atoms with Crippen molar-refractivity contribution in [2.75, 3.05) is 0 Å². The molecule has 0 saturated heterocycles. The van der Waals surface area contributed by atoms with Gasteiger partial charge >= 0.3 is 0 Å². The van der Waals surface area contributed by atoms with Gasteiger partial charge in [0.25, 0.3) is 0 Å². The molecule has 0 atom stereocenters. The maximum absolute atomic E-state index is 9.13. The molecule has 4 heteroatoms. The van der Waals surface area contributed by atoms with E-state index < -0.39 is 0 Å². The SMILES string of the molecule is Cc1ccc(Sn2cc(CO)c(CO)c2)cc1. The molecular weight excluding hydrogens is 234 g/mol. The standard InChI is InChI=1S/C13H15NO2S/c1-10-2-4-13(5-3-10)17-14-6-11(8-15)12(7-14)9-16/h2-7,15-16H,8-9H2,1H3. The maximum Gasteiger partial charge on any atom is 0.0700 e. The fourth-order valence-electron chi connectivity index (χ4n) is 1.57. The van der Waals surface area contributed by atoms with Crippen LogP contribution in [-0.4, -0.2) is 14.2 Å². The highest BCUT2D eigenvalue weighted by atomic mass is 32.2. The Morgan fingerprint density at radius 3 is 2.00 bits per heavy atom. The topological polar surface area (TPSA) is 45.4 Å². The second-order valence-corrected chi connectivity index (χ2v) is 4.96. The lowest BCUT2D eigenvalue weighted by atomic mass is 10.2. The van der Waals surface area contributed by atoms with Crippen molar-refractivity contribution in [2.45, 2.75) is 25.0 Å². The Bertz CT molecular complexity index is 469. The van der Waals surface area contributed by atoms with Crippen LogP contribution in [-0.2, 0) is 13.2 Å². The number of hydrogen-bond acceptors (Lipinski definition) is 3. The molecule has 1 aromatic heterocycles. The van der Waals surface area contributed by atoms with E-state index in [1.54, 1.807) is 11.9 Å². The number of aliphatic hydroxyl groups excluding tert-OH is 2. The minimum atomic E-state index is -0.0443. The van der Waals surface area contributed by atoms with Crippen LogP contribution in [0.2, 0.25) is 0 Å². The first-order valence-corrected chi connectivity index (χ1v) is 6.16. The van der Waals surface area contributed by atoms with E-state index in [1.165, 1.54) is 5.56 Å². The number of aromatic nitrogens is 1. The molecule has 0 amide bonds. The lowest BCUT2D eigenvalue weighted by molar-refractivity contribution is 0.261. The van der Waals surface area contributed by atoms with Gasteiger partial charge in [0.2, 0.25) is 0 Å². The van der Waals surface area contributed by atoms with Gasteiger partial charge in [0.1, 0.15) is 0 Å². The molecule has 0 saturated carbocycles. The van der Waals surface area contributed by atoms with Crippen LogP contribution in [0.15, 0.2) is 41.6 Å². The van der Waals surface area contributed by atoms with Gasteiger partial charge in [-0.05, 0) is 31.0 Å². The number of hydrogen-bond donors (Lipinski definition) is 2. The van der Waals surface area contributed by atoms with Crippen LogP contribution in [0.4, 0.5) is 0 Å². The van der Waals surface area contributed by atoms with Crippen LogP contribution in [0.25, 0.3) is 0 Å². The summed E-state index contributed by atoms with van der Waals surface area (Å²) in [6, 6.07) is 8.23. The van der Waals surface area contributed by atoms with Crippen molar-refractivity contribution in [2.24, 2.45) is 0 Å². The molecule has 17 heavy (non-hydrogen) atoms. The Morgan fingerprint density at radius 2 is 1.53 bits per heavy atom. The van der Waals surface area contributed by atoms with E-state index in [-0.39, 0.29) is 13.2 Å². The predicted molar refractivity (Wildman–Crippen MR) is 68.7 cm³/mol. The zero-order valence-corrected chi connectivity index (χ0v) is 10.4. The number of nitrogens with zero attached hydrogens (tertiary/aromatic N) is 1. The van der Waals surface area contributed by atoms with Crippen molar-refractivity contribution < 1.29 is 10.2 Å². The van der Waals surface area contributed by atoms with Crippen LogP contribution in [0.1, 0.15) is 16.7 Å². The van der Waals surface area contributed by atoms with E-state index in [0.29, 0.717) is 0 Å². The van der Waals surface area contributed by atoms with Crippen LogP contribution < -0.4 is 0 Å². The van der Waals surface area contributed by atoms with Crippen molar-refractivity contribution in [3.05, 3.63) is 53.3 Å². The van der Waals surface area contributed by atoms with Crippen LogP contribution in [0.3, 0.4) is 0 Å². The molecule has 0 aliphatic heterocycles. The highest BCUT2D eigenvalue weighted by Gasteiger charge is 2.05. The molecule has 3 nitrogen and oxygen atoms in total. The second kappa shape index (κ2) is 5.40. The Hall–Kier alpha value is -1.23. The van der Waals surface area contributed by atoms with E-state index in [1.807, 2.05) is 16.4 Å². The van der Waals surface area contributed by atoms with Gasteiger partial charge in [-0.1, -0.05) is 17.7 Å². The number of aliphatic hydroxyl groups is 2. The molecule has 0 radical (unpaired) electrons. The van der Waals surface area contributed by atoms with Crippen LogP contribution in [0, 0.1) is 6.92 Å². The zero-order chi connectivity index (χ0) is 12.3. The van der Waals surface area contributed by atoms with E-state index in [2.05, 4.69) is 31.2 Å². The van der Waals surface area contributed by atoms with E-state index in [9.17, 15) is 0 Å². The predicted octanol–water partition coefficient (Wildman–Crippen LogP) is 2.34. The monoisotopic (exact) mass is 249 g/mol. The highest BCUT2D eigenvalue weighted by molar-refractivity contribution is 7.97. The van der Waals surface area contributed by atoms with Gasteiger partial charge in [-0.15, -0.1) is 0 Å². The Morgan fingerprint density at radius 1 is 1.00 bits per heavy atom. The summed E-state index contributed by atoms with van der Waals surface area (Å²) in [6.07, 6.45) is 3.69. The average molecular weight is 249 g/mol. The van der Waals surface area contributed by atoms with Crippen molar-refractivity contribution in [3.8, 4) is 0 Å². The summed E-state index contributed by atoms with van der Waals surface area (Å²) in [6.45, 7) is 1.96. The molecule has 1 heterocycles. The fourth-order valence-corrected chi connectivity index (χ4v) is 2.43. The minimum absolute atomic E-state index is 0.0443. The van der Waals surface area contributed by atoms with Crippen molar-refractivity contribution in [1.29, 1.82) is 0 Å². The highest BCUT2D eigenvalue weighted by Crippen LogP contribution is 2.23. The zero-order valence-electron chi connectivity index (χ0n) is 9.63. The smallest absolute Gasteiger partial charge is 0.0700 e. The average Bonchev–Trinajstić information content (AvgIpc) is 2.74. The number of rotatable bonds is 4. The van der Waals surface area contributed by atoms with Crippen molar-refractivity contribution in [3.63, 3.8) is 0 Å². The van der Waals surface area contributed by atoms with E-state index in [0.717, 1.165) is 16.0 Å². The largest absolute Gasteiger partial charge is 0.392 e. The first-order valence-electron chi connectivity index (χ1n) is 5.39. The summed E-state index contributed by atoms with van der Waals surface area (Å²) < 4.78 is 1.90. The third-order valence-electron chi connectivity index (χ3n) is 2.55. The first-order chi connectivity index (χ1) is 8.22. The lowest BCUT2D eigenvalue weighted by Crippen LogP contribution is -1.86. The Balaban J connectivity index is 2.18. The molecule has 0 aliphatic rings. The molecule has 1 aromatic carbocycles. The normalized spacial score (nSPS) is 10.8. The third kappa shape index (κ3) is 2.91. The summed E-state index contributed by atoms with van der Waals surface area (Å²) >= 11 is 1.56. The van der Waals surface area contributed by atoms with E-state index in [4.69, 9.17) is 10.2 Å². The number of benzene rings is 1. The van der Waals surface area contributed by atoms with Gasteiger partial charge in [0.15, 0.2) is 0 Å². The molecular formula is C13H15NO2S. The van der Waals surface area contributed by atoms with Gasteiger partial charge in [-0.3, -0.25) is 3.97 Å². The van der Waals surface area contributed by atoms with Gasteiger partial charge in [-0.2, -0.15) is 0 Å². The lowest BCUT2D eigenvalue weighted by Gasteiger charge is -2.02. The number of aryl methyl sites for hydroxylation is 1. The summed E-state index contributed by atoms with van der Waals surface area (Å²) in [7, 11) is 0. The molecule has 2 N–H and O–H groups in total. The summed E-state index contributed by atoms with van der Waals surface area (Å²) in [5.74, 6) is 0. The van der Waals surface area contributed by atoms with Gasteiger partial charge in [-0.25, -0.2) is 0 Å². The second-order valence-electron chi connectivity index (χ2n) is 3.89. The molecule has 2 aromatic rings. The van der Waals surface area contributed by atoms with Gasteiger partial charge in [0, 0.05) is 28.4 Å². The third-order valence-corrected chi connectivity index (χ3v) is 3.46. The van der Waals surface area contributed by atoms with Gasteiger partial charge < -0.3 is 10.2 Å². The van der Waals surface area contributed by atoms with E-state index >= 15 is 0 Å². The Kier molecular flexibility index (Phi) is 3.89. The van der Waals surface area contributed by atoms with Crippen molar-refractivity contribution >= 4 is 11.9 Å². The fraction of sp³-hybridized carbons (Fsp3) is 0.231. The van der Waals surface area contributed by atoms with Crippen LogP contribution >= 0.6 is 11.9 Å². The molecule has 0 aliphatic carbocycles. The molecule has 0 unspecified atom stereocenters. The molecule has 0 bridgehead atoms. The molecule has 0 spiro atoms. The summed E-state index contributed by atoms with van der Waals surface area (Å²) in [5.41, 5.74) is 2.77. The maximum atomic E-state index is 9.13. The Labute approximate surface area is 105 Å². The molecule has 2 rings (SSSR count). The molecule has 0 fully saturated rings. The van der Waals surface area contributed by atoms with Crippen molar-refractivity contribution in [1.82, 2.24) is 3.97 Å². The molecule has 90 valence electrons. The summed E-state index contributed by atoms with van der Waals surface area (Å²) in [5, 5.41) is 18.3. The summed E-state index contributed by atoms with van der Waals surface area (Å²) in [4.78, 5) is 1.12. The minimum Gasteiger partial charge on any atom is -0.392 e. The van der Waals surface area contributed by atoms with Gasteiger partial charge in [0.05, 0.1) is 13.2 Å². The first kappa shape index (κ1) is 12.2. The van der Waals surface area contributed by atoms with Crippen LogP contribution in [0.5, 0.6) is 0 Å². The quantitative estimate of drug-likeness (QED) is 0.874.